The third-order valence-electron chi connectivity index (χ3n) is 2.81. The van der Waals surface area contributed by atoms with E-state index in [1.54, 1.807) is 4.68 Å². The molecule has 0 fully saturated rings. The number of nitrogens with zero attached hydrogens (tertiary/aromatic N) is 3. The molecular formula is C14H25N3O3. The molecule has 1 heterocycles. The van der Waals surface area contributed by atoms with E-state index < -0.39 is 5.97 Å². The Kier molecular flexibility index (Phi) is 7.22. The standard InChI is InChI=1S/C14H25N3O3/c1-5-6-8-19-9-7-17-12(4)13(15-16-17)14(18)20-10-11(2)3/h11H,5-10H2,1-4H3. The van der Waals surface area contributed by atoms with Crippen LogP contribution in [0.4, 0.5) is 0 Å². The predicted octanol–water partition coefficient (Wildman–Crippen LogP) is 2.22. The van der Waals surface area contributed by atoms with E-state index in [-0.39, 0.29) is 0 Å². The van der Waals surface area contributed by atoms with Gasteiger partial charge < -0.3 is 9.47 Å². The lowest BCUT2D eigenvalue weighted by molar-refractivity contribution is 0.0451. The molecule has 0 amide bonds. The van der Waals surface area contributed by atoms with Crippen LogP contribution in [0.5, 0.6) is 0 Å². The van der Waals surface area contributed by atoms with Crippen molar-refractivity contribution in [3.8, 4) is 0 Å². The van der Waals surface area contributed by atoms with E-state index >= 15 is 0 Å². The molecule has 20 heavy (non-hydrogen) atoms. The number of carbonyl (C=O) groups excluding carboxylic acids is 1. The molecule has 114 valence electrons. The Morgan fingerprint density at radius 1 is 1.35 bits per heavy atom. The monoisotopic (exact) mass is 283 g/mol. The van der Waals surface area contributed by atoms with Crippen LogP contribution < -0.4 is 0 Å². The predicted molar refractivity (Wildman–Crippen MR) is 75.6 cm³/mol. The molecule has 0 aliphatic carbocycles. The van der Waals surface area contributed by atoms with Crippen molar-refractivity contribution in [1.82, 2.24) is 15.0 Å². The van der Waals surface area contributed by atoms with Crippen LogP contribution in [0.1, 0.15) is 49.8 Å². The van der Waals surface area contributed by atoms with Gasteiger partial charge in [0.05, 0.1) is 25.5 Å². The summed E-state index contributed by atoms with van der Waals surface area (Å²) in [6.07, 6.45) is 2.18. The lowest BCUT2D eigenvalue weighted by Crippen LogP contribution is -2.13. The van der Waals surface area contributed by atoms with Gasteiger partial charge in [-0.1, -0.05) is 32.4 Å². The first-order chi connectivity index (χ1) is 9.56. The number of carbonyl (C=O) groups is 1. The first-order valence-electron chi connectivity index (χ1n) is 7.21. The second-order valence-corrected chi connectivity index (χ2v) is 5.20. The topological polar surface area (TPSA) is 66.2 Å². The van der Waals surface area contributed by atoms with Crippen LogP contribution in [0.15, 0.2) is 0 Å². The van der Waals surface area contributed by atoms with Gasteiger partial charge in [-0.15, -0.1) is 5.10 Å². The van der Waals surface area contributed by atoms with Gasteiger partial charge in [0.1, 0.15) is 0 Å². The highest BCUT2D eigenvalue weighted by Crippen LogP contribution is 2.07. The largest absolute Gasteiger partial charge is 0.461 e. The summed E-state index contributed by atoms with van der Waals surface area (Å²) >= 11 is 0. The quantitative estimate of drug-likeness (QED) is 0.513. The van der Waals surface area contributed by atoms with Gasteiger partial charge in [-0.3, -0.25) is 0 Å². The second kappa shape index (κ2) is 8.68. The van der Waals surface area contributed by atoms with Crippen molar-refractivity contribution in [2.24, 2.45) is 5.92 Å². The molecule has 0 aromatic carbocycles. The molecule has 0 saturated heterocycles. The van der Waals surface area contributed by atoms with Crippen LogP contribution in [0, 0.1) is 12.8 Å². The minimum atomic E-state index is -0.408. The lowest BCUT2D eigenvalue weighted by atomic mass is 10.2. The van der Waals surface area contributed by atoms with Crippen molar-refractivity contribution in [2.75, 3.05) is 19.8 Å². The van der Waals surface area contributed by atoms with E-state index in [1.165, 1.54) is 0 Å². The molecule has 1 rings (SSSR count). The maximum atomic E-state index is 11.8. The van der Waals surface area contributed by atoms with Crippen molar-refractivity contribution in [1.29, 1.82) is 0 Å². The summed E-state index contributed by atoms with van der Waals surface area (Å²) in [4.78, 5) is 11.8. The minimum absolute atomic E-state index is 0.291. The molecule has 0 radical (unpaired) electrons. The van der Waals surface area contributed by atoms with Crippen LogP contribution >= 0.6 is 0 Å². The normalized spacial score (nSPS) is 11.1. The molecule has 0 N–H and O–H groups in total. The Labute approximate surface area is 120 Å². The lowest BCUT2D eigenvalue weighted by Gasteiger charge is -2.06. The first-order valence-corrected chi connectivity index (χ1v) is 7.21. The summed E-state index contributed by atoms with van der Waals surface area (Å²) in [6.45, 7) is 10.2. The molecule has 0 aliphatic heterocycles. The number of hydrogen-bond donors (Lipinski definition) is 0. The van der Waals surface area contributed by atoms with Crippen molar-refractivity contribution >= 4 is 5.97 Å². The highest BCUT2D eigenvalue weighted by Gasteiger charge is 2.18. The van der Waals surface area contributed by atoms with E-state index in [4.69, 9.17) is 9.47 Å². The van der Waals surface area contributed by atoms with Crippen molar-refractivity contribution in [3.05, 3.63) is 11.4 Å². The van der Waals surface area contributed by atoms with E-state index in [1.807, 2.05) is 20.8 Å². The molecule has 1 aromatic heterocycles. The number of hydrogen-bond acceptors (Lipinski definition) is 5. The smallest absolute Gasteiger partial charge is 0.360 e. The minimum Gasteiger partial charge on any atom is -0.461 e. The third-order valence-corrected chi connectivity index (χ3v) is 2.81. The van der Waals surface area contributed by atoms with Gasteiger partial charge >= 0.3 is 5.97 Å². The van der Waals surface area contributed by atoms with Gasteiger partial charge in [0.2, 0.25) is 0 Å². The van der Waals surface area contributed by atoms with Gasteiger partial charge in [0.15, 0.2) is 5.69 Å². The Bertz CT molecular complexity index is 416. The van der Waals surface area contributed by atoms with E-state index in [2.05, 4.69) is 17.2 Å². The summed E-state index contributed by atoms with van der Waals surface area (Å²) in [5.74, 6) is -0.101. The number of ether oxygens (including phenoxy) is 2. The number of esters is 1. The zero-order chi connectivity index (χ0) is 15.0. The number of rotatable bonds is 9. The molecule has 0 atom stereocenters. The Morgan fingerprint density at radius 3 is 2.75 bits per heavy atom. The highest BCUT2D eigenvalue weighted by molar-refractivity contribution is 5.88. The number of aromatic nitrogens is 3. The van der Waals surface area contributed by atoms with Crippen molar-refractivity contribution < 1.29 is 14.3 Å². The fourth-order valence-corrected chi connectivity index (χ4v) is 1.57. The highest BCUT2D eigenvalue weighted by atomic mass is 16.5. The second-order valence-electron chi connectivity index (χ2n) is 5.20. The Balaban J connectivity index is 2.45. The molecular weight excluding hydrogens is 258 g/mol. The maximum absolute atomic E-state index is 11.8. The molecule has 0 bridgehead atoms. The Morgan fingerprint density at radius 2 is 2.10 bits per heavy atom. The molecule has 6 nitrogen and oxygen atoms in total. The fraction of sp³-hybridized carbons (Fsp3) is 0.786. The summed E-state index contributed by atoms with van der Waals surface area (Å²) in [5, 5.41) is 7.86. The molecule has 0 aliphatic rings. The molecule has 6 heteroatoms. The van der Waals surface area contributed by atoms with Gasteiger partial charge in [0.25, 0.3) is 0 Å². The first kappa shape index (κ1) is 16.6. The van der Waals surface area contributed by atoms with E-state index in [9.17, 15) is 4.79 Å². The third kappa shape index (κ3) is 5.28. The summed E-state index contributed by atoms with van der Waals surface area (Å²) < 4.78 is 12.3. The maximum Gasteiger partial charge on any atom is 0.360 e. The van der Waals surface area contributed by atoms with Gasteiger partial charge in [-0.2, -0.15) is 0 Å². The van der Waals surface area contributed by atoms with Crippen LogP contribution in [-0.2, 0) is 16.0 Å². The fourth-order valence-electron chi connectivity index (χ4n) is 1.57. The summed E-state index contributed by atoms with van der Waals surface area (Å²) in [7, 11) is 0. The average molecular weight is 283 g/mol. The van der Waals surface area contributed by atoms with E-state index in [0.29, 0.717) is 31.4 Å². The van der Waals surface area contributed by atoms with Gasteiger partial charge in [-0.25, -0.2) is 9.48 Å². The zero-order valence-electron chi connectivity index (χ0n) is 12.9. The summed E-state index contributed by atoms with van der Waals surface area (Å²) in [6, 6.07) is 0. The molecule has 0 unspecified atom stereocenters. The number of unbranched alkanes of at least 4 members (excludes halogenated alkanes) is 1. The van der Waals surface area contributed by atoms with Crippen LogP contribution in [-0.4, -0.2) is 40.8 Å². The van der Waals surface area contributed by atoms with E-state index in [0.717, 1.165) is 25.1 Å². The van der Waals surface area contributed by atoms with Crippen molar-refractivity contribution in [3.63, 3.8) is 0 Å². The molecule has 0 spiro atoms. The van der Waals surface area contributed by atoms with Gasteiger partial charge in [-0.05, 0) is 19.3 Å². The SMILES string of the molecule is CCCCOCCn1nnc(C(=O)OCC(C)C)c1C. The Hall–Kier alpha value is -1.43. The van der Waals surface area contributed by atoms with Gasteiger partial charge in [0, 0.05) is 6.61 Å². The average Bonchev–Trinajstić information content (AvgIpc) is 2.77. The van der Waals surface area contributed by atoms with Crippen LogP contribution in [0.25, 0.3) is 0 Å². The van der Waals surface area contributed by atoms with Crippen molar-refractivity contribution in [2.45, 2.75) is 47.1 Å². The zero-order valence-corrected chi connectivity index (χ0v) is 12.9. The van der Waals surface area contributed by atoms with Crippen LogP contribution in [0.2, 0.25) is 0 Å². The summed E-state index contributed by atoms with van der Waals surface area (Å²) in [5.41, 5.74) is 1.01. The molecule has 1 aromatic rings. The molecule has 0 saturated carbocycles. The van der Waals surface area contributed by atoms with Crippen LogP contribution in [0.3, 0.4) is 0 Å².